The number of rotatable bonds is 6. The Balaban J connectivity index is 1.09. The number of anilines is 2. The van der Waals surface area contributed by atoms with Crippen molar-refractivity contribution in [2.75, 3.05) is 5.32 Å². The summed E-state index contributed by atoms with van der Waals surface area (Å²) < 4.78 is 0. The van der Waals surface area contributed by atoms with Crippen LogP contribution in [0.5, 0.6) is 0 Å². The minimum atomic E-state index is 0.408. The largest absolute Gasteiger partial charge is 0.356 e. The van der Waals surface area contributed by atoms with E-state index in [4.69, 9.17) is 0 Å². The number of benzene rings is 6. The normalized spacial score (nSPS) is 16.5. The van der Waals surface area contributed by atoms with Gasteiger partial charge in [-0.3, -0.25) is 0 Å². The number of hydrogen-bond donors (Lipinski definition) is 1. The Labute approximate surface area is 242 Å². The molecular weight excluding hydrogens is 494 g/mol. The van der Waals surface area contributed by atoms with Crippen LogP contribution in [0.15, 0.2) is 146 Å². The Kier molecular flexibility index (Phi) is 6.49. The van der Waals surface area contributed by atoms with Gasteiger partial charge in [0, 0.05) is 23.2 Å². The van der Waals surface area contributed by atoms with Crippen molar-refractivity contribution in [2.45, 2.75) is 25.2 Å². The molecule has 0 bridgehead atoms. The van der Waals surface area contributed by atoms with Gasteiger partial charge in [0.2, 0.25) is 0 Å². The van der Waals surface area contributed by atoms with Crippen LogP contribution in [0.25, 0.3) is 38.7 Å². The first kappa shape index (κ1) is 25.1. The third-order valence-corrected chi connectivity index (χ3v) is 8.66. The monoisotopic (exact) mass is 527 g/mol. The smallest absolute Gasteiger partial charge is 0.0390 e. The molecule has 2 unspecified atom stereocenters. The second-order valence-corrected chi connectivity index (χ2v) is 11.1. The molecule has 41 heavy (non-hydrogen) atoms. The lowest BCUT2D eigenvalue weighted by Gasteiger charge is -2.13. The maximum Gasteiger partial charge on any atom is 0.0390 e. The van der Waals surface area contributed by atoms with Gasteiger partial charge in [-0.25, -0.2) is 0 Å². The van der Waals surface area contributed by atoms with Gasteiger partial charge in [-0.1, -0.05) is 128 Å². The second kappa shape index (κ2) is 10.6. The molecular formula is C40H33N. The summed E-state index contributed by atoms with van der Waals surface area (Å²) in [4.78, 5) is 0. The van der Waals surface area contributed by atoms with Crippen molar-refractivity contribution in [1.82, 2.24) is 0 Å². The number of allylic oxidation sites excluding steroid dienone is 2. The van der Waals surface area contributed by atoms with Gasteiger partial charge < -0.3 is 5.32 Å². The summed E-state index contributed by atoms with van der Waals surface area (Å²) in [6.07, 6.45) is 5.51. The molecule has 7 rings (SSSR count). The van der Waals surface area contributed by atoms with E-state index < -0.39 is 0 Å². The van der Waals surface area contributed by atoms with Gasteiger partial charge >= 0.3 is 0 Å². The Morgan fingerprint density at radius 3 is 2.20 bits per heavy atom. The first-order chi connectivity index (χ1) is 20.2. The van der Waals surface area contributed by atoms with E-state index >= 15 is 0 Å². The number of fused-ring (bicyclic) bond motifs is 4. The molecule has 2 atom stereocenters. The highest BCUT2D eigenvalue weighted by molar-refractivity contribution is 6.13. The highest BCUT2D eigenvalue weighted by Gasteiger charge is 2.30. The van der Waals surface area contributed by atoms with E-state index in [0.29, 0.717) is 11.8 Å². The molecule has 1 aliphatic carbocycles. The van der Waals surface area contributed by atoms with Crippen LogP contribution in [0.3, 0.4) is 0 Å². The molecule has 0 radical (unpaired) electrons. The zero-order valence-electron chi connectivity index (χ0n) is 23.3. The Morgan fingerprint density at radius 2 is 1.37 bits per heavy atom. The topological polar surface area (TPSA) is 12.0 Å². The quantitative estimate of drug-likeness (QED) is 0.168. The molecule has 1 nitrogen and oxygen atoms in total. The predicted octanol–water partition coefficient (Wildman–Crippen LogP) is 11.3. The molecule has 0 spiro atoms. The average molecular weight is 528 g/mol. The lowest BCUT2D eigenvalue weighted by Crippen LogP contribution is -1.94. The molecule has 0 saturated heterocycles. The third-order valence-electron chi connectivity index (χ3n) is 8.66. The molecule has 6 aromatic carbocycles. The number of hydrogen-bond acceptors (Lipinski definition) is 1. The molecule has 1 aliphatic rings. The average Bonchev–Trinajstić information content (AvgIpc) is 3.26. The second-order valence-electron chi connectivity index (χ2n) is 11.1. The van der Waals surface area contributed by atoms with Crippen LogP contribution in [0.4, 0.5) is 11.4 Å². The van der Waals surface area contributed by atoms with Gasteiger partial charge in [-0.2, -0.15) is 0 Å². The summed E-state index contributed by atoms with van der Waals surface area (Å²) in [5.74, 6) is 0.846. The highest BCUT2D eigenvalue weighted by atomic mass is 14.9. The molecule has 1 N–H and O–H groups in total. The van der Waals surface area contributed by atoms with Crippen molar-refractivity contribution in [1.29, 1.82) is 0 Å². The summed E-state index contributed by atoms with van der Waals surface area (Å²) in [6.45, 7) is 6.69. The molecule has 0 heterocycles. The van der Waals surface area contributed by atoms with Crippen LogP contribution < -0.4 is 5.32 Å². The Bertz CT molecular complexity index is 1930. The fraction of sp³-hybridized carbons (Fsp3) is 0.100. The SMILES string of the molecule is C=C1C(C)c2ccccc2C1C/C=C/c1ccc(Nc2cccc(-c3cc4ccccc4c4ccccc34)c2)cc1. The van der Waals surface area contributed by atoms with Crippen molar-refractivity contribution >= 4 is 39.0 Å². The fourth-order valence-electron chi connectivity index (χ4n) is 6.44. The van der Waals surface area contributed by atoms with Crippen LogP contribution >= 0.6 is 0 Å². The van der Waals surface area contributed by atoms with Gasteiger partial charge in [-0.15, -0.1) is 0 Å². The summed E-state index contributed by atoms with van der Waals surface area (Å²) in [7, 11) is 0. The number of nitrogens with one attached hydrogen (secondary N) is 1. The van der Waals surface area contributed by atoms with Crippen LogP contribution in [-0.2, 0) is 0 Å². The summed E-state index contributed by atoms with van der Waals surface area (Å²) >= 11 is 0. The van der Waals surface area contributed by atoms with Crippen LogP contribution in [0.1, 0.15) is 41.9 Å². The van der Waals surface area contributed by atoms with E-state index in [2.05, 4.69) is 158 Å². The maximum absolute atomic E-state index is 4.42. The predicted molar refractivity (Wildman–Crippen MR) is 177 cm³/mol. The van der Waals surface area contributed by atoms with Gasteiger partial charge in [0.15, 0.2) is 0 Å². The summed E-state index contributed by atoms with van der Waals surface area (Å²) in [5.41, 5.74) is 10.0. The molecule has 1 heteroatoms. The van der Waals surface area contributed by atoms with E-state index in [1.54, 1.807) is 0 Å². The fourth-order valence-corrected chi connectivity index (χ4v) is 6.44. The van der Waals surface area contributed by atoms with E-state index in [-0.39, 0.29) is 0 Å². The molecule has 0 saturated carbocycles. The standard InChI is InChI=1S/C40H33N/c1-27-28(2)35(37-17-6-5-15-34(27)37)20-9-11-29-21-23-32(24-22-29)41-33-14-10-13-30(25-33)40-26-31-12-3-4-16-36(31)38-18-7-8-19-39(38)40/h3-19,21-27,35,41H,2,20H2,1H3/b11-9+. The Hall–Kier alpha value is -4.88. The lowest BCUT2D eigenvalue weighted by atomic mass is 9.93. The first-order valence-electron chi connectivity index (χ1n) is 14.5. The van der Waals surface area contributed by atoms with Crippen molar-refractivity contribution in [3.8, 4) is 11.1 Å². The van der Waals surface area contributed by atoms with Crippen molar-refractivity contribution in [2.24, 2.45) is 0 Å². The minimum absolute atomic E-state index is 0.408. The highest BCUT2D eigenvalue weighted by Crippen LogP contribution is 2.46. The summed E-state index contributed by atoms with van der Waals surface area (Å²) in [5, 5.41) is 8.74. The van der Waals surface area contributed by atoms with Gasteiger partial charge in [0.25, 0.3) is 0 Å². The van der Waals surface area contributed by atoms with E-state index in [1.807, 2.05) is 0 Å². The van der Waals surface area contributed by atoms with Gasteiger partial charge in [-0.05, 0) is 86.1 Å². The third kappa shape index (κ3) is 4.74. The maximum atomic E-state index is 4.42. The molecule has 198 valence electrons. The minimum Gasteiger partial charge on any atom is -0.356 e. The van der Waals surface area contributed by atoms with Crippen molar-refractivity contribution in [3.05, 3.63) is 162 Å². The van der Waals surface area contributed by atoms with Gasteiger partial charge in [0.05, 0.1) is 0 Å². The van der Waals surface area contributed by atoms with Gasteiger partial charge in [0.1, 0.15) is 0 Å². The van der Waals surface area contributed by atoms with Crippen molar-refractivity contribution < 1.29 is 0 Å². The zero-order chi connectivity index (χ0) is 27.8. The van der Waals surface area contributed by atoms with Crippen LogP contribution in [-0.4, -0.2) is 0 Å². The van der Waals surface area contributed by atoms with Crippen LogP contribution in [0, 0.1) is 0 Å². The molecule has 0 aliphatic heterocycles. The van der Waals surface area contributed by atoms with E-state index in [9.17, 15) is 0 Å². The molecule has 0 amide bonds. The molecule has 6 aromatic rings. The van der Waals surface area contributed by atoms with Crippen molar-refractivity contribution in [3.63, 3.8) is 0 Å². The van der Waals surface area contributed by atoms with E-state index in [0.717, 1.165) is 17.8 Å². The van der Waals surface area contributed by atoms with Crippen LogP contribution in [0.2, 0.25) is 0 Å². The summed E-state index contributed by atoms with van der Waals surface area (Å²) in [6, 6.07) is 45.9. The Morgan fingerprint density at radius 1 is 0.659 bits per heavy atom. The molecule has 0 fully saturated rings. The molecule has 0 aromatic heterocycles. The van der Waals surface area contributed by atoms with E-state index in [1.165, 1.54) is 54.9 Å². The lowest BCUT2D eigenvalue weighted by molar-refractivity contribution is 0.797. The zero-order valence-corrected chi connectivity index (χ0v) is 23.3. The first-order valence-corrected chi connectivity index (χ1v) is 14.5.